The number of hydrogen-bond acceptors (Lipinski definition) is 1. The molecule has 2 aliphatic carbocycles. The van der Waals surface area contributed by atoms with Gasteiger partial charge in [0.25, 0.3) is 0 Å². The first-order valence-corrected chi connectivity index (χ1v) is 7.38. The molecule has 0 spiro atoms. The standard InChI is InChI=1S/C17H15F5O/c18-16(19,17(20,21)22)15(23)14-12-7-3-1-5-10(12)9-11-6-2-4-8-13(11)14/h3-4,7-9,15,23H,1-2,5-6H2. The van der Waals surface area contributed by atoms with Gasteiger partial charge in [-0.1, -0.05) is 30.4 Å². The molecule has 23 heavy (non-hydrogen) atoms. The first-order chi connectivity index (χ1) is 10.7. The second-order valence-electron chi connectivity index (χ2n) is 5.84. The molecule has 0 saturated carbocycles. The van der Waals surface area contributed by atoms with E-state index in [0.29, 0.717) is 36.8 Å². The van der Waals surface area contributed by atoms with E-state index in [9.17, 15) is 27.1 Å². The Balaban J connectivity index is 2.23. The Kier molecular flexibility index (Phi) is 3.83. The topological polar surface area (TPSA) is 20.2 Å². The van der Waals surface area contributed by atoms with E-state index in [0.717, 1.165) is 0 Å². The summed E-state index contributed by atoms with van der Waals surface area (Å²) >= 11 is 0. The maximum absolute atomic E-state index is 13.7. The van der Waals surface area contributed by atoms with Gasteiger partial charge in [0, 0.05) is 5.56 Å². The van der Waals surface area contributed by atoms with Crippen molar-refractivity contribution in [3.05, 3.63) is 46.0 Å². The maximum atomic E-state index is 13.7. The van der Waals surface area contributed by atoms with Gasteiger partial charge in [0.15, 0.2) is 6.10 Å². The molecule has 0 aromatic heterocycles. The highest BCUT2D eigenvalue weighted by Crippen LogP contribution is 2.48. The zero-order chi connectivity index (χ0) is 16.8. The highest BCUT2D eigenvalue weighted by atomic mass is 19.4. The van der Waals surface area contributed by atoms with Crippen molar-refractivity contribution in [2.24, 2.45) is 0 Å². The quantitative estimate of drug-likeness (QED) is 0.770. The zero-order valence-electron chi connectivity index (χ0n) is 12.1. The van der Waals surface area contributed by atoms with Crippen LogP contribution in [0.1, 0.15) is 46.8 Å². The van der Waals surface area contributed by atoms with Crippen molar-refractivity contribution >= 4 is 12.2 Å². The van der Waals surface area contributed by atoms with Gasteiger partial charge in [-0.3, -0.25) is 0 Å². The van der Waals surface area contributed by atoms with Gasteiger partial charge in [0.1, 0.15) is 0 Å². The number of alkyl halides is 5. The monoisotopic (exact) mass is 330 g/mol. The van der Waals surface area contributed by atoms with Gasteiger partial charge in [-0.2, -0.15) is 22.0 Å². The Morgan fingerprint density at radius 1 is 0.870 bits per heavy atom. The Morgan fingerprint density at radius 3 is 1.78 bits per heavy atom. The number of aliphatic hydroxyl groups excluding tert-OH is 1. The molecule has 1 unspecified atom stereocenters. The van der Waals surface area contributed by atoms with Crippen LogP contribution in [-0.2, 0) is 12.8 Å². The smallest absolute Gasteiger partial charge is 0.382 e. The summed E-state index contributed by atoms with van der Waals surface area (Å²) in [6.07, 6.45) is 0.335. The van der Waals surface area contributed by atoms with E-state index in [-0.39, 0.29) is 16.7 Å². The molecule has 0 amide bonds. The van der Waals surface area contributed by atoms with Gasteiger partial charge in [0.05, 0.1) is 0 Å². The predicted octanol–water partition coefficient (Wildman–Crippen LogP) is 4.84. The highest BCUT2D eigenvalue weighted by Gasteiger charge is 2.63. The predicted molar refractivity (Wildman–Crippen MR) is 77.1 cm³/mol. The molecule has 124 valence electrons. The Bertz CT molecular complexity index is 645. The first-order valence-electron chi connectivity index (χ1n) is 7.38. The summed E-state index contributed by atoms with van der Waals surface area (Å²) in [5.41, 5.74) is 1.70. The minimum Gasteiger partial charge on any atom is -0.382 e. The van der Waals surface area contributed by atoms with E-state index >= 15 is 0 Å². The van der Waals surface area contributed by atoms with Gasteiger partial charge in [-0.15, -0.1) is 0 Å². The molecule has 1 N–H and O–H groups in total. The fourth-order valence-electron chi connectivity index (χ4n) is 3.18. The molecular formula is C17H15F5O. The number of fused-ring (bicyclic) bond motifs is 2. The summed E-state index contributed by atoms with van der Waals surface area (Å²) < 4.78 is 65.5. The third kappa shape index (κ3) is 2.59. The van der Waals surface area contributed by atoms with Gasteiger partial charge >= 0.3 is 12.1 Å². The molecule has 0 fully saturated rings. The third-order valence-corrected chi connectivity index (χ3v) is 4.35. The van der Waals surface area contributed by atoms with Crippen LogP contribution in [0.4, 0.5) is 22.0 Å². The molecule has 2 aliphatic rings. The lowest BCUT2D eigenvalue weighted by Crippen LogP contribution is -2.42. The summed E-state index contributed by atoms with van der Waals surface area (Å²) in [7, 11) is 0. The molecule has 0 saturated heterocycles. The van der Waals surface area contributed by atoms with Crippen LogP contribution in [0.3, 0.4) is 0 Å². The second kappa shape index (κ2) is 5.44. The van der Waals surface area contributed by atoms with Crippen LogP contribution in [0.2, 0.25) is 0 Å². The van der Waals surface area contributed by atoms with Gasteiger partial charge in [-0.05, 0) is 47.9 Å². The normalized spacial score (nSPS) is 18.5. The molecule has 6 heteroatoms. The molecule has 0 aliphatic heterocycles. The van der Waals surface area contributed by atoms with Crippen LogP contribution in [-0.4, -0.2) is 17.2 Å². The SMILES string of the molecule is OC(c1c2c(cc3c1C=CCC3)CCC=C2)C(F)(F)C(F)(F)F. The number of rotatable bonds is 2. The Labute approximate surface area is 130 Å². The van der Waals surface area contributed by atoms with E-state index in [1.165, 1.54) is 12.2 Å². The van der Waals surface area contributed by atoms with Gasteiger partial charge < -0.3 is 5.11 Å². The van der Waals surface area contributed by atoms with Crippen LogP contribution in [0.15, 0.2) is 18.2 Å². The van der Waals surface area contributed by atoms with Gasteiger partial charge in [0.2, 0.25) is 0 Å². The number of aryl methyl sites for hydroxylation is 2. The lowest BCUT2D eigenvalue weighted by atomic mass is 9.80. The molecule has 0 radical (unpaired) electrons. The molecular weight excluding hydrogens is 315 g/mol. The van der Waals surface area contributed by atoms with Crippen molar-refractivity contribution in [3.63, 3.8) is 0 Å². The second-order valence-corrected chi connectivity index (χ2v) is 5.84. The van der Waals surface area contributed by atoms with Crippen molar-refractivity contribution in [2.75, 3.05) is 0 Å². The zero-order valence-corrected chi connectivity index (χ0v) is 12.1. The number of allylic oxidation sites excluding steroid dienone is 2. The van der Waals surface area contributed by atoms with Crippen LogP contribution in [0.25, 0.3) is 12.2 Å². The number of benzene rings is 1. The van der Waals surface area contributed by atoms with Crippen LogP contribution in [0.5, 0.6) is 0 Å². The van der Waals surface area contributed by atoms with Crippen molar-refractivity contribution in [1.82, 2.24) is 0 Å². The summed E-state index contributed by atoms with van der Waals surface area (Å²) in [6, 6.07) is 1.86. The first kappa shape index (κ1) is 16.2. The van der Waals surface area contributed by atoms with Crippen LogP contribution >= 0.6 is 0 Å². The van der Waals surface area contributed by atoms with E-state index in [1.807, 2.05) is 6.07 Å². The molecule has 0 bridgehead atoms. The minimum absolute atomic E-state index is 0.290. The summed E-state index contributed by atoms with van der Waals surface area (Å²) in [6.45, 7) is 0. The summed E-state index contributed by atoms with van der Waals surface area (Å²) in [5.74, 6) is -5.20. The maximum Gasteiger partial charge on any atom is 0.456 e. The third-order valence-electron chi connectivity index (χ3n) is 4.35. The van der Waals surface area contributed by atoms with Crippen molar-refractivity contribution < 1.29 is 27.1 Å². The average Bonchev–Trinajstić information content (AvgIpc) is 2.50. The van der Waals surface area contributed by atoms with Crippen molar-refractivity contribution in [1.29, 1.82) is 0 Å². The molecule has 1 nitrogen and oxygen atoms in total. The summed E-state index contributed by atoms with van der Waals surface area (Å²) in [4.78, 5) is 0. The Hall–Kier alpha value is -1.69. The van der Waals surface area contributed by atoms with E-state index < -0.39 is 18.2 Å². The average molecular weight is 330 g/mol. The molecule has 1 atom stereocenters. The molecule has 1 aromatic rings. The number of halogens is 5. The highest BCUT2D eigenvalue weighted by molar-refractivity contribution is 5.72. The number of hydrogen-bond donors (Lipinski definition) is 1. The van der Waals surface area contributed by atoms with E-state index in [1.54, 1.807) is 12.2 Å². The Morgan fingerprint density at radius 2 is 1.35 bits per heavy atom. The molecule has 1 aromatic carbocycles. The molecule has 0 heterocycles. The van der Waals surface area contributed by atoms with Crippen LogP contribution in [0, 0.1) is 0 Å². The fourth-order valence-corrected chi connectivity index (χ4v) is 3.18. The minimum atomic E-state index is -5.81. The lowest BCUT2D eigenvalue weighted by Gasteiger charge is -2.30. The van der Waals surface area contributed by atoms with Crippen LogP contribution < -0.4 is 0 Å². The fraction of sp³-hybridized carbons (Fsp3) is 0.412. The molecule has 3 rings (SSSR count). The van der Waals surface area contributed by atoms with E-state index in [4.69, 9.17) is 0 Å². The van der Waals surface area contributed by atoms with Crippen molar-refractivity contribution in [2.45, 2.75) is 43.9 Å². The largest absolute Gasteiger partial charge is 0.456 e. The summed E-state index contributed by atoms with van der Waals surface area (Å²) in [5, 5.41) is 9.96. The van der Waals surface area contributed by atoms with Crippen molar-refractivity contribution in [3.8, 4) is 0 Å². The number of aliphatic hydroxyl groups is 1. The lowest BCUT2D eigenvalue weighted by molar-refractivity contribution is -0.315. The van der Waals surface area contributed by atoms with E-state index in [2.05, 4.69) is 0 Å². The van der Waals surface area contributed by atoms with Gasteiger partial charge in [-0.25, -0.2) is 0 Å².